The number of ether oxygens (including phenoxy) is 1. The van der Waals surface area contributed by atoms with Gasteiger partial charge in [-0.1, -0.05) is 17.7 Å². The minimum Gasteiger partial charge on any atom is -0.437 e. The van der Waals surface area contributed by atoms with Crippen molar-refractivity contribution in [2.45, 2.75) is 19.1 Å². The molecule has 0 saturated heterocycles. The SMILES string of the molecule is Cn1ccc2ncnc(Oc3ccc(NC(=O)Nc4ccc5c(c4)CN(C(=O)C(F)(F)F)CC5)c(Cl)c3)c21. The molecule has 5 rings (SSSR count). The van der Waals surface area contributed by atoms with Gasteiger partial charge in [-0.15, -0.1) is 0 Å². The highest BCUT2D eigenvalue weighted by atomic mass is 35.5. The van der Waals surface area contributed by atoms with Gasteiger partial charge in [-0.25, -0.2) is 9.78 Å². The van der Waals surface area contributed by atoms with E-state index < -0.39 is 18.1 Å². The fraction of sp³-hybridized carbons (Fsp3) is 0.200. The molecule has 0 atom stereocenters. The molecule has 0 unspecified atom stereocenters. The van der Waals surface area contributed by atoms with E-state index in [4.69, 9.17) is 16.3 Å². The molecule has 0 saturated carbocycles. The van der Waals surface area contributed by atoms with E-state index in [9.17, 15) is 22.8 Å². The van der Waals surface area contributed by atoms with Crippen molar-refractivity contribution < 1.29 is 27.5 Å². The number of nitrogens with zero attached hydrogens (tertiary/aromatic N) is 4. The van der Waals surface area contributed by atoms with Crippen LogP contribution in [0.5, 0.6) is 11.6 Å². The Morgan fingerprint density at radius 2 is 1.87 bits per heavy atom. The Hall–Kier alpha value is -4.32. The van der Waals surface area contributed by atoms with Crippen LogP contribution in [0.3, 0.4) is 0 Å². The number of amides is 3. The predicted octanol–water partition coefficient (Wildman–Crippen LogP) is 5.51. The van der Waals surface area contributed by atoms with Crippen LogP contribution in [-0.4, -0.2) is 44.1 Å². The molecule has 9 nitrogen and oxygen atoms in total. The van der Waals surface area contributed by atoms with Crippen molar-refractivity contribution in [3.05, 3.63) is 71.1 Å². The maximum absolute atomic E-state index is 12.8. The first-order valence-corrected chi connectivity index (χ1v) is 11.8. The molecule has 0 bridgehead atoms. The van der Waals surface area contributed by atoms with Crippen molar-refractivity contribution in [1.82, 2.24) is 19.4 Å². The van der Waals surface area contributed by atoms with Crippen LogP contribution in [-0.2, 0) is 24.8 Å². The maximum atomic E-state index is 12.8. The first-order chi connectivity index (χ1) is 18.1. The Kier molecular flexibility index (Phi) is 6.57. The van der Waals surface area contributed by atoms with E-state index in [1.54, 1.807) is 30.3 Å². The van der Waals surface area contributed by atoms with Gasteiger partial charge in [-0.05, 0) is 47.9 Å². The number of nitrogens with one attached hydrogen (secondary N) is 2. The Balaban J connectivity index is 1.25. The van der Waals surface area contributed by atoms with Crippen molar-refractivity contribution >= 4 is 45.9 Å². The molecule has 0 spiro atoms. The highest BCUT2D eigenvalue weighted by Crippen LogP contribution is 2.32. The van der Waals surface area contributed by atoms with Crippen LogP contribution < -0.4 is 15.4 Å². The first-order valence-electron chi connectivity index (χ1n) is 11.4. The van der Waals surface area contributed by atoms with Gasteiger partial charge in [0.1, 0.15) is 17.6 Å². The number of carbonyl (C=O) groups is 2. The van der Waals surface area contributed by atoms with Crippen molar-refractivity contribution in [3.8, 4) is 11.6 Å². The van der Waals surface area contributed by atoms with Gasteiger partial charge in [0.15, 0.2) is 0 Å². The molecule has 4 aromatic rings. The number of aromatic nitrogens is 3. The summed E-state index contributed by atoms with van der Waals surface area (Å²) in [5.74, 6) is -1.14. The standard InChI is InChI=1S/C25H20ClF3N6O3/c1-34-8-7-20-21(34)22(31-13-30-20)38-17-4-5-19(18(26)11-17)33-24(37)32-16-3-2-14-6-9-35(12-15(14)10-16)23(36)25(27,28)29/h2-5,7-8,10-11,13H,6,9,12H2,1H3,(H2,32,33,37). The van der Waals surface area contributed by atoms with E-state index in [0.29, 0.717) is 34.1 Å². The number of anilines is 2. The second-order valence-electron chi connectivity index (χ2n) is 8.62. The van der Waals surface area contributed by atoms with E-state index in [-0.39, 0.29) is 24.5 Å². The van der Waals surface area contributed by atoms with Crippen molar-refractivity contribution in [1.29, 1.82) is 0 Å². The lowest BCUT2D eigenvalue weighted by molar-refractivity contribution is -0.186. The summed E-state index contributed by atoms with van der Waals surface area (Å²) < 4.78 is 46.2. The summed E-state index contributed by atoms with van der Waals surface area (Å²) in [6, 6.07) is 10.8. The average Bonchev–Trinajstić information content (AvgIpc) is 3.26. The third-order valence-corrected chi connectivity index (χ3v) is 6.35. The van der Waals surface area contributed by atoms with E-state index in [2.05, 4.69) is 20.6 Å². The summed E-state index contributed by atoms with van der Waals surface area (Å²) in [5, 5.41) is 5.48. The quantitative estimate of drug-likeness (QED) is 0.353. The smallest absolute Gasteiger partial charge is 0.437 e. The van der Waals surface area contributed by atoms with Crippen molar-refractivity contribution in [3.63, 3.8) is 0 Å². The molecule has 2 aromatic carbocycles. The van der Waals surface area contributed by atoms with Gasteiger partial charge in [0.05, 0.1) is 16.2 Å². The summed E-state index contributed by atoms with van der Waals surface area (Å²) in [6.45, 7) is -0.219. The largest absolute Gasteiger partial charge is 0.471 e. The monoisotopic (exact) mass is 544 g/mol. The fourth-order valence-corrected chi connectivity index (χ4v) is 4.42. The van der Waals surface area contributed by atoms with E-state index in [0.717, 1.165) is 16.0 Å². The Labute approximate surface area is 219 Å². The van der Waals surface area contributed by atoms with E-state index in [1.807, 2.05) is 23.9 Å². The van der Waals surface area contributed by atoms with Gasteiger partial charge >= 0.3 is 18.1 Å². The fourth-order valence-electron chi connectivity index (χ4n) is 4.20. The molecule has 196 valence electrons. The minimum atomic E-state index is -4.94. The second-order valence-corrected chi connectivity index (χ2v) is 9.03. The zero-order valence-corrected chi connectivity index (χ0v) is 20.6. The van der Waals surface area contributed by atoms with Crippen LogP contribution in [0.1, 0.15) is 11.1 Å². The van der Waals surface area contributed by atoms with Crippen LogP contribution in [0.4, 0.5) is 29.3 Å². The number of fused-ring (bicyclic) bond motifs is 2. The van der Waals surface area contributed by atoms with Gasteiger partial charge in [0.2, 0.25) is 5.88 Å². The molecule has 3 heterocycles. The number of rotatable bonds is 4. The summed E-state index contributed by atoms with van der Waals surface area (Å²) in [5.41, 5.74) is 3.44. The summed E-state index contributed by atoms with van der Waals surface area (Å²) in [7, 11) is 1.85. The van der Waals surface area contributed by atoms with Crippen LogP contribution in [0.2, 0.25) is 5.02 Å². The molecule has 2 aromatic heterocycles. The molecule has 0 radical (unpaired) electrons. The lowest BCUT2D eigenvalue weighted by atomic mass is 9.99. The average molecular weight is 545 g/mol. The van der Waals surface area contributed by atoms with E-state index >= 15 is 0 Å². The minimum absolute atomic E-state index is 0.0237. The van der Waals surface area contributed by atoms with Gasteiger partial charge in [0, 0.05) is 38.1 Å². The molecule has 13 heteroatoms. The first kappa shape index (κ1) is 25.3. The Morgan fingerprint density at radius 3 is 2.63 bits per heavy atom. The lowest BCUT2D eigenvalue weighted by Crippen LogP contribution is -2.43. The number of carbonyl (C=O) groups excluding carboxylic acids is 2. The van der Waals surface area contributed by atoms with Gasteiger partial charge in [0.25, 0.3) is 0 Å². The number of alkyl halides is 3. The molecule has 2 N–H and O–H groups in total. The lowest BCUT2D eigenvalue weighted by Gasteiger charge is -2.29. The van der Waals surface area contributed by atoms with Crippen LogP contribution >= 0.6 is 11.6 Å². The zero-order chi connectivity index (χ0) is 27.0. The van der Waals surface area contributed by atoms with Crippen LogP contribution in [0, 0.1) is 0 Å². The predicted molar refractivity (Wildman–Crippen MR) is 134 cm³/mol. The Morgan fingerprint density at radius 1 is 1.05 bits per heavy atom. The third kappa shape index (κ3) is 5.21. The third-order valence-electron chi connectivity index (χ3n) is 6.04. The summed E-state index contributed by atoms with van der Waals surface area (Å²) in [6.07, 6.45) is -1.41. The summed E-state index contributed by atoms with van der Waals surface area (Å²) in [4.78, 5) is 33.3. The highest BCUT2D eigenvalue weighted by molar-refractivity contribution is 6.34. The molecular weight excluding hydrogens is 525 g/mol. The number of hydrogen-bond acceptors (Lipinski definition) is 5. The normalized spacial score (nSPS) is 13.2. The van der Waals surface area contributed by atoms with Gasteiger partial charge in [-0.2, -0.15) is 18.2 Å². The number of halogens is 4. The topological polar surface area (TPSA) is 101 Å². The Bertz CT molecular complexity index is 1560. The number of hydrogen-bond donors (Lipinski definition) is 2. The van der Waals surface area contributed by atoms with Crippen LogP contribution in [0.25, 0.3) is 11.0 Å². The molecule has 38 heavy (non-hydrogen) atoms. The molecule has 0 aliphatic carbocycles. The number of urea groups is 1. The van der Waals surface area contributed by atoms with Crippen LogP contribution in [0.15, 0.2) is 55.0 Å². The molecule has 0 fully saturated rings. The second kappa shape index (κ2) is 9.86. The number of benzene rings is 2. The van der Waals surface area contributed by atoms with Crippen molar-refractivity contribution in [2.75, 3.05) is 17.2 Å². The van der Waals surface area contributed by atoms with Gasteiger partial charge < -0.3 is 24.8 Å². The van der Waals surface area contributed by atoms with Gasteiger partial charge in [-0.3, -0.25) is 4.79 Å². The number of aryl methyl sites for hydroxylation is 1. The molecule has 3 amide bonds. The highest BCUT2D eigenvalue weighted by Gasteiger charge is 2.43. The van der Waals surface area contributed by atoms with Crippen molar-refractivity contribution in [2.24, 2.45) is 7.05 Å². The summed E-state index contributed by atoms with van der Waals surface area (Å²) >= 11 is 6.36. The molecule has 1 aliphatic heterocycles. The molecular formula is C25H20ClF3N6O3. The zero-order valence-electron chi connectivity index (χ0n) is 19.8. The van der Waals surface area contributed by atoms with E-state index in [1.165, 1.54) is 12.4 Å². The molecule has 1 aliphatic rings. The maximum Gasteiger partial charge on any atom is 0.471 e.